The van der Waals surface area contributed by atoms with Crippen LogP contribution >= 0.6 is 0 Å². The zero-order chi connectivity index (χ0) is 16.0. The van der Waals surface area contributed by atoms with Crippen molar-refractivity contribution in [2.75, 3.05) is 0 Å². The molecule has 0 bridgehead atoms. The summed E-state index contributed by atoms with van der Waals surface area (Å²) >= 11 is 0. The fourth-order valence-electron chi connectivity index (χ4n) is 2.74. The van der Waals surface area contributed by atoms with Crippen molar-refractivity contribution in [2.24, 2.45) is 11.8 Å². The van der Waals surface area contributed by atoms with Crippen LogP contribution in [0.5, 0.6) is 0 Å². The lowest BCUT2D eigenvalue weighted by atomic mass is 9.83. The number of hydrogen-bond acceptors (Lipinski definition) is 4. The molecular formula is C17H30O4. The SMILES string of the molecule is CC(C)OC(=O)C1CCCC(C)(OC(=O)C(C)C)CCC1. The van der Waals surface area contributed by atoms with E-state index in [1.807, 2.05) is 34.6 Å². The van der Waals surface area contributed by atoms with Gasteiger partial charge in [0.15, 0.2) is 0 Å². The molecular weight excluding hydrogens is 268 g/mol. The number of ether oxygens (including phenoxy) is 2. The second-order valence-electron chi connectivity index (χ2n) is 6.99. The summed E-state index contributed by atoms with van der Waals surface area (Å²) in [6, 6.07) is 0. The Morgan fingerprint density at radius 2 is 1.57 bits per heavy atom. The standard InChI is InChI=1S/C17H30O4/c1-12(2)15(18)21-17(5)10-6-8-14(9-7-11-17)16(19)20-13(3)4/h12-14H,6-11H2,1-5H3. The fourth-order valence-corrected chi connectivity index (χ4v) is 2.74. The predicted molar refractivity (Wildman–Crippen MR) is 81.8 cm³/mol. The zero-order valence-corrected chi connectivity index (χ0v) is 14.1. The number of carbonyl (C=O) groups is 2. The van der Waals surface area contributed by atoms with Gasteiger partial charge >= 0.3 is 11.9 Å². The summed E-state index contributed by atoms with van der Waals surface area (Å²) in [4.78, 5) is 23.8. The molecule has 1 aliphatic carbocycles. The lowest BCUT2D eigenvalue weighted by Crippen LogP contribution is -2.35. The maximum Gasteiger partial charge on any atom is 0.309 e. The monoisotopic (exact) mass is 298 g/mol. The van der Waals surface area contributed by atoms with Crippen molar-refractivity contribution >= 4 is 11.9 Å². The van der Waals surface area contributed by atoms with E-state index in [2.05, 4.69) is 0 Å². The van der Waals surface area contributed by atoms with E-state index in [-0.39, 0.29) is 35.5 Å². The van der Waals surface area contributed by atoms with Crippen LogP contribution in [0, 0.1) is 11.8 Å². The van der Waals surface area contributed by atoms with Gasteiger partial charge in [0.25, 0.3) is 0 Å². The van der Waals surface area contributed by atoms with Crippen molar-refractivity contribution in [3.05, 3.63) is 0 Å². The molecule has 1 saturated carbocycles. The third-order valence-corrected chi connectivity index (χ3v) is 4.02. The molecule has 4 heteroatoms. The van der Waals surface area contributed by atoms with Crippen molar-refractivity contribution < 1.29 is 19.1 Å². The van der Waals surface area contributed by atoms with Crippen molar-refractivity contribution in [1.29, 1.82) is 0 Å². The molecule has 0 aliphatic heterocycles. The van der Waals surface area contributed by atoms with Gasteiger partial charge in [0, 0.05) is 0 Å². The van der Waals surface area contributed by atoms with Gasteiger partial charge in [-0.3, -0.25) is 9.59 Å². The highest BCUT2D eigenvalue weighted by atomic mass is 16.6. The average Bonchev–Trinajstić information content (AvgIpc) is 2.33. The Morgan fingerprint density at radius 3 is 2.00 bits per heavy atom. The first kappa shape index (κ1) is 18.0. The molecule has 0 atom stereocenters. The highest BCUT2D eigenvalue weighted by molar-refractivity contribution is 5.73. The minimum atomic E-state index is -0.381. The normalized spacial score (nSPS) is 27.1. The third kappa shape index (κ3) is 6.06. The minimum Gasteiger partial charge on any atom is -0.463 e. The Kier molecular flexibility index (Phi) is 6.69. The zero-order valence-electron chi connectivity index (χ0n) is 14.1. The van der Waals surface area contributed by atoms with E-state index in [1.165, 1.54) is 0 Å². The summed E-state index contributed by atoms with van der Waals surface area (Å²) in [6.45, 7) is 9.48. The maximum atomic E-state index is 12.0. The van der Waals surface area contributed by atoms with Gasteiger partial charge in [0.2, 0.25) is 0 Å². The Labute approximate surface area is 128 Å². The molecule has 0 aromatic carbocycles. The molecule has 4 nitrogen and oxygen atoms in total. The van der Waals surface area contributed by atoms with Crippen LogP contribution in [0.3, 0.4) is 0 Å². The molecule has 0 N–H and O–H groups in total. The van der Waals surface area contributed by atoms with E-state index in [9.17, 15) is 9.59 Å². The van der Waals surface area contributed by atoms with Gasteiger partial charge < -0.3 is 9.47 Å². The Bertz CT molecular complexity index is 350. The molecule has 0 amide bonds. The summed E-state index contributed by atoms with van der Waals surface area (Å²) in [7, 11) is 0. The van der Waals surface area contributed by atoms with Crippen LogP contribution in [0.15, 0.2) is 0 Å². The number of rotatable bonds is 4. The summed E-state index contributed by atoms with van der Waals surface area (Å²) < 4.78 is 11.0. The quantitative estimate of drug-likeness (QED) is 0.739. The Hall–Kier alpha value is -1.06. The summed E-state index contributed by atoms with van der Waals surface area (Å²) in [5.41, 5.74) is -0.381. The Balaban J connectivity index is 2.52. The van der Waals surface area contributed by atoms with Crippen LogP contribution < -0.4 is 0 Å². The number of esters is 2. The van der Waals surface area contributed by atoms with E-state index in [1.54, 1.807) is 0 Å². The van der Waals surface area contributed by atoms with Gasteiger partial charge in [0.05, 0.1) is 17.9 Å². The molecule has 0 heterocycles. The van der Waals surface area contributed by atoms with Crippen LogP contribution in [0.1, 0.15) is 73.1 Å². The number of hydrogen-bond donors (Lipinski definition) is 0. The maximum absolute atomic E-state index is 12.0. The summed E-state index contributed by atoms with van der Waals surface area (Å²) in [5, 5.41) is 0. The van der Waals surface area contributed by atoms with Gasteiger partial charge in [0.1, 0.15) is 5.60 Å². The molecule has 0 saturated heterocycles. The molecule has 0 spiro atoms. The van der Waals surface area contributed by atoms with Gasteiger partial charge in [-0.2, -0.15) is 0 Å². The summed E-state index contributed by atoms with van der Waals surface area (Å²) in [6.07, 6.45) is 4.99. The van der Waals surface area contributed by atoms with Crippen molar-refractivity contribution in [3.8, 4) is 0 Å². The molecule has 1 aliphatic rings. The minimum absolute atomic E-state index is 0.00208. The van der Waals surface area contributed by atoms with Crippen LogP contribution in [0.2, 0.25) is 0 Å². The van der Waals surface area contributed by atoms with Crippen LogP contribution in [-0.2, 0) is 19.1 Å². The van der Waals surface area contributed by atoms with Crippen molar-refractivity contribution in [2.45, 2.75) is 84.8 Å². The van der Waals surface area contributed by atoms with Crippen LogP contribution in [0.4, 0.5) is 0 Å². The van der Waals surface area contributed by atoms with E-state index < -0.39 is 0 Å². The van der Waals surface area contributed by atoms with Crippen molar-refractivity contribution in [1.82, 2.24) is 0 Å². The molecule has 0 aromatic rings. The van der Waals surface area contributed by atoms with Gasteiger partial charge in [-0.25, -0.2) is 0 Å². The highest BCUT2D eigenvalue weighted by Gasteiger charge is 2.33. The third-order valence-electron chi connectivity index (χ3n) is 4.02. The largest absolute Gasteiger partial charge is 0.463 e. The average molecular weight is 298 g/mol. The lowest BCUT2D eigenvalue weighted by molar-refractivity contribution is -0.165. The van der Waals surface area contributed by atoms with E-state index in [0.717, 1.165) is 38.5 Å². The molecule has 122 valence electrons. The van der Waals surface area contributed by atoms with E-state index in [4.69, 9.17) is 9.47 Å². The number of carbonyl (C=O) groups excluding carboxylic acids is 2. The molecule has 1 fully saturated rings. The van der Waals surface area contributed by atoms with Gasteiger partial charge in [-0.1, -0.05) is 13.8 Å². The first-order chi connectivity index (χ1) is 9.73. The smallest absolute Gasteiger partial charge is 0.309 e. The van der Waals surface area contributed by atoms with E-state index in [0.29, 0.717) is 0 Å². The summed E-state index contributed by atoms with van der Waals surface area (Å²) in [5.74, 6) is -0.305. The van der Waals surface area contributed by atoms with Crippen LogP contribution in [-0.4, -0.2) is 23.6 Å². The second kappa shape index (κ2) is 7.81. The highest BCUT2D eigenvalue weighted by Crippen LogP contribution is 2.32. The first-order valence-corrected chi connectivity index (χ1v) is 8.17. The first-order valence-electron chi connectivity index (χ1n) is 8.17. The van der Waals surface area contributed by atoms with Crippen molar-refractivity contribution in [3.63, 3.8) is 0 Å². The lowest BCUT2D eigenvalue weighted by Gasteiger charge is -2.33. The fraction of sp³-hybridized carbons (Fsp3) is 0.882. The molecule has 21 heavy (non-hydrogen) atoms. The topological polar surface area (TPSA) is 52.6 Å². The Morgan fingerprint density at radius 1 is 1.05 bits per heavy atom. The van der Waals surface area contributed by atoms with Crippen LogP contribution in [0.25, 0.3) is 0 Å². The van der Waals surface area contributed by atoms with Gasteiger partial charge in [-0.05, 0) is 59.3 Å². The van der Waals surface area contributed by atoms with Gasteiger partial charge in [-0.15, -0.1) is 0 Å². The molecule has 0 unspecified atom stereocenters. The van der Waals surface area contributed by atoms with E-state index >= 15 is 0 Å². The molecule has 0 radical (unpaired) electrons. The second-order valence-corrected chi connectivity index (χ2v) is 6.99. The predicted octanol–water partition coefficient (Wildman–Crippen LogP) is 3.87. The molecule has 1 rings (SSSR count). The molecule has 0 aromatic heterocycles.